The molecule has 0 aliphatic rings. The van der Waals surface area contributed by atoms with Gasteiger partial charge < -0.3 is 9.47 Å². The largest absolute Gasteiger partial charge is 0.497 e. The summed E-state index contributed by atoms with van der Waals surface area (Å²) in [6.07, 6.45) is 5.56. The van der Waals surface area contributed by atoms with Crippen molar-refractivity contribution in [1.82, 2.24) is 0 Å². The number of hydrogen-bond acceptors (Lipinski definition) is 3. The SMILES string of the molecule is COc1cccc(COC(=O)/C=C(\C)CCC=C(C)C)c1. The third kappa shape index (κ3) is 7.35. The van der Waals surface area contributed by atoms with Gasteiger partial charge in [-0.05, 0) is 51.3 Å². The molecular weight excluding hydrogens is 264 g/mol. The third-order valence-electron chi connectivity index (χ3n) is 2.97. The van der Waals surface area contributed by atoms with Crippen LogP contribution in [0.15, 0.2) is 47.6 Å². The average Bonchev–Trinajstić information content (AvgIpc) is 2.45. The molecule has 0 spiro atoms. The Morgan fingerprint density at radius 2 is 2.00 bits per heavy atom. The van der Waals surface area contributed by atoms with Gasteiger partial charge in [-0.3, -0.25) is 0 Å². The molecule has 0 amide bonds. The van der Waals surface area contributed by atoms with Gasteiger partial charge in [-0.1, -0.05) is 29.4 Å². The van der Waals surface area contributed by atoms with Crippen molar-refractivity contribution in [3.8, 4) is 5.75 Å². The Bertz CT molecular complexity index is 523. The number of rotatable bonds is 7. The number of ether oxygens (including phenoxy) is 2. The lowest BCUT2D eigenvalue weighted by molar-refractivity contribution is -0.139. The molecule has 0 aliphatic heterocycles. The Morgan fingerprint density at radius 1 is 1.24 bits per heavy atom. The molecule has 1 rings (SSSR count). The van der Waals surface area contributed by atoms with Gasteiger partial charge >= 0.3 is 5.97 Å². The van der Waals surface area contributed by atoms with Crippen molar-refractivity contribution in [2.24, 2.45) is 0 Å². The second-order valence-corrected chi connectivity index (χ2v) is 5.27. The van der Waals surface area contributed by atoms with Crippen LogP contribution in [0.2, 0.25) is 0 Å². The van der Waals surface area contributed by atoms with Crippen LogP contribution in [0.4, 0.5) is 0 Å². The molecule has 0 aromatic heterocycles. The summed E-state index contributed by atoms with van der Waals surface area (Å²) in [5.41, 5.74) is 3.24. The molecule has 114 valence electrons. The van der Waals surface area contributed by atoms with Gasteiger partial charge in [0, 0.05) is 6.08 Å². The van der Waals surface area contributed by atoms with Crippen LogP contribution < -0.4 is 4.74 Å². The number of carbonyl (C=O) groups is 1. The van der Waals surface area contributed by atoms with Crippen LogP contribution in [0.25, 0.3) is 0 Å². The maximum absolute atomic E-state index is 11.7. The molecule has 3 heteroatoms. The smallest absolute Gasteiger partial charge is 0.331 e. The fourth-order valence-electron chi connectivity index (χ4n) is 1.82. The quantitative estimate of drug-likeness (QED) is 0.423. The van der Waals surface area contributed by atoms with E-state index in [1.165, 1.54) is 5.57 Å². The summed E-state index contributed by atoms with van der Waals surface area (Å²) in [5, 5.41) is 0. The van der Waals surface area contributed by atoms with E-state index in [-0.39, 0.29) is 12.6 Å². The Kier molecular flexibility index (Phi) is 7.30. The highest BCUT2D eigenvalue weighted by atomic mass is 16.5. The van der Waals surface area contributed by atoms with Crippen LogP contribution in [0.5, 0.6) is 5.75 Å². The normalized spacial score (nSPS) is 11.0. The van der Waals surface area contributed by atoms with Gasteiger partial charge in [0.05, 0.1) is 7.11 Å². The minimum Gasteiger partial charge on any atom is -0.497 e. The predicted octanol–water partition coefficient (Wildman–Crippen LogP) is 4.43. The predicted molar refractivity (Wildman–Crippen MR) is 85.2 cm³/mol. The fraction of sp³-hybridized carbons (Fsp3) is 0.389. The van der Waals surface area contributed by atoms with Gasteiger partial charge in [-0.15, -0.1) is 0 Å². The van der Waals surface area contributed by atoms with E-state index in [0.717, 1.165) is 29.7 Å². The lowest BCUT2D eigenvalue weighted by Gasteiger charge is -2.05. The molecule has 0 saturated carbocycles. The van der Waals surface area contributed by atoms with Crippen molar-refractivity contribution in [3.05, 3.63) is 53.1 Å². The minimum absolute atomic E-state index is 0.258. The first-order chi connectivity index (χ1) is 10.0. The van der Waals surface area contributed by atoms with Gasteiger partial charge in [0.25, 0.3) is 0 Å². The van der Waals surface area contributed by atoms with Gasteiger partial charge in [0.2, 0.25) is 0 Å². The molecule has 0 unspecified atom stereocenters. The monoisotopic (exact) mass is 288 g/mol. The number of hydrogen-bond donors (Lipinski definition) is 0. The zero-order valence-corrected chi connectivity index (χ0v) is 13.3. The molecular formula is C18H24O3. The highest BCUT2D eigenvalue weighted by molar-refractivity contribution is 5.82. The van der Waals surface area contributed by atoms with Crippen LogP contribution in [0, 0.1) is 0 Å². The number of benzene rings is 1. The van der Waals surface area contributed by atoms with Crippen LogP contribution in [0.1, 0.15) is 39.2 Å². The third-order valence-corrected chi connectivity index (χ3v) is 2.97. The van der Waals surface area contributed by atoms with E-state index >= 15 is 0 Å². The highest BCUT2D eigenvalue weighted by Gasteiger charge is 2.02. The molecule has 0 bridgehead atoms. The lowest BCUT2D eigenvalue weighted by Crippen LogP contribution is -2.02. The van der Waals surface area contributed by atoms with Gasteiger partial charge in [-0.2, -0.15) is 0 Å². The minimum atomic E-state index is -0.299. The average molecular weight is 288 g/mol. The topological polar surface area (TPSA) is 35.5 Å². The number of methoxy groups -OCH3 is 1. The Balaban J connectivity index is 2.44. The number of carbonyl (C=O) groups excluding carboxylic acids is 1. The van der Waals surface area contributed by atoms with E-state index in [4.69, 9.17) is 9.47 Å². The van der Waals surface area contributed by atoms with Crippen molar-refractivity contribution in [2.45, 2.75) is 40.2 Å². The maximum Gasteiger partial charge on any atom is 0.331 e. The maximum atomic E-state index is 11.7. The van der Waals surface area contributed by atoms with Crippen molar-refractivity contribution in [1.29, 1.82) is 0 Å². The van der Waals surface area contributed by atoms with E-state index in [1.807, 2.05) is 31.2 Å². The van der Waals surface area contributed by atoms with E-state index in [9.17, 15) is 4.79 Å². The van der Waals surface area contributed by atoms with Crippen molar-refractivity contribution in [2.75, 3.05) is 7.11 Å². The van der Waals surface area contributed by atoms with Gasteiger partial charge in [0.15, 0.2) is 0 Å². The molecule has 0 fully saturated rings. The van der Waals surface area contributed by atoms with Crippen LogP contribution in [0.3, 0.4) is 0 Å². The van der Waals surface area contributed by atoms with E-state index in [1.54, 1.807) is 13.2 Å². The summed E-state index contributed by atoms with van der Waals surface area (Å²) in [6.45, 7) is 6.35. The molecule has 0 aliphatic carbocycles. The summed E-state index contributed by atoms with van der Waals surface area (Å²) in [7, 11) is 1.61. The summed E-state index contributed by atoms with van der Waals surface area (Å²) in [4.78, 5) is 11.7. The van der Waals surface area contributed by atoms with Crippen molar-refractivity contribution < 1.29 is 14.3 Å². The Morgan fingerprint density at radius 3 is 2.67 bits per heavy atom. The zero-order valence-electron chi connectivity index (χ0n) is 13.3. The first-order valence-electron chi connectivity index (χ1n) is 7.11. The highest BCUT2D eigenvalue weighted by Crippen LogP contribution is 2.13. The number of esters is 1. The summed E-state index contributed by atoms with van der Waals surface area (Å²) >= 11 is 0. The van der Waals surface area contributed by atoms with E-state index in [0.29, 0.717) is 0 Å². The molecule has 1 aromatic rings. The second-order valence-electron chi connectivity index (χ2n) is 5.27. The standard InChI is InChI=1S/C18H24O3/c1-14(2)7-5-8-15(3)11-18(19)21-13-16-9-6-10-17(12-16)20-4/h6-7,9-12H,5,8,13H2,1-4H3/b15-11+. The van der Waals surface area contributed by atoms with Crippen LogP contribution in [-0.4, -0.2) is 13.1 Å². The summed E-state index contributed by atoms with van der Waals surface area (Å²) < 4.78 is 10.4. The van der Waals surface area contributed by atoms with E-state index < -0.39 is 0 Å². The van der Waals surface area contributed by atoms with Crippen LogP contribution in [-0.2, 0) is 16.1 Å². The molecule has 0 radical (unpaired) electrons. The van der Waals surface area contributed by atoms with Crippen LogP contribution >= 0.6 is 0 Å². The van der Waals surface area contributed by atoms with Crippen molar-refractivity contribution >= 4 is 5.97 Å². The number of allylic oxidation sites excluding steroid dienone is 3. The van der Waals surface area contributed by atoms with E-state index in [2.05, 4.69) is 19.9 Å². The lowest BCUT2D eigenvalue weighted by atomic mass is 10.1. The molecule has 0 atom stereocenters. The Hall–Kier alpha value is -2.03. The molecule has 21 heavy (non-hydrogen) atoms. The second kappa shape index (κ2) is 9.01. The molecule has 0 saturated heterocycles. The zero-order chi connectivity index (χ0) is 15.7. The molecule has 3 nitrogen and oxygen atoms in total. The molecule has 1 aromatic carbocycles. The molecule has 0 N–H and O–H groups in total. The first kappa shape index (κ1) is 17.0. The summed E-state index contributed by atoms with van der Waals surface area (Å²) in [5.74, 6) is 0.463. The van der Waals surface area contributed by atoms with Crippen molar-refractivity contribution in [3.63, 3.8) is 0 Å². The fourth-order valence-corrected chi connectivity index (χ4v) is 1.82. The van der Waals surface area contributed by atoms with Gasteiger partial charge in [-0.25, -0.2) is 4.79 Å². The Labute approximate surface area is 127 Å². The molecule has 0 heterocycles. The first-order valence-corrected chi connectivity index (χ1v) is 7.11. The van der Waals surface area contributed by atoms with Gasteiger partial charge in [0.1, 0.15) is 12.4 Å². The summed E-state index contributed by atoms with van der Waals surface area (Å²) in [6, 6.07) is 7.50.